The zero-order valence-electron chi connectivity index (χ0n) is 16.6. The number of carbonyl (C=O) groups is 2. The summed E-state index contributed by atoms with van der Waals surface area (Å²) >= 11 is 0. The zero-order valence-corrected chi connectivity index (χ0v) is 17.4. The molecule has 1 N–H and O–H groups in total. The zero-order chi connectivity index (χ0) is 21.4. The van der Waals surface area contributed by atoms with Gasteiger partial charge in [-0.15, -0.1) is 0 Å². The van der Waals surface area contributed by atoms with Crippen molar-refractivity contribution in [3.63, 3.8) is 0 Å². The van der Waals surface area contributed by atoms with Crippen molar-refractivity contribution in [1.29, 1.82) is 0 Å². The van der Waals surface area contributed by atoms with E-state index in [4.69, 9.17) is 0 Å². The molecule has 0 unspecified atom stereocenters. The van der Waals surface area contributed by atoms with E-state index in [1.165, 1.54) is 35.7 Å². The van der Waals surface area contributed by atoms with Crippen molar-refractivity contribution in [3.05, 3.63) is 65.7 Å². The van der Waals surface area contributed by atoms with Crippen molar-refractivity contribution in [1.82, 2.24) is 4.31 Å². The molecule has 7 nitrogen and oxygen atoms in total. The topological polar surface area (TPSA) is 92.8 Å². The summed E-state index contributed by atoms with van der Waals surface area (Å²) in [5.41, 5.74) is 1.48. The maximum Gasteiger partial charge on any atom is 0.337 e. The van der Waals surface area contributed by atoms with Gasteiger partial charge < -0.3 is 10.1 Å². The standard InChI is InChI=1S/C21H24N2O5S/c1-4-23(5-2)29(26,27)19-12-9-16(10-13-19)11-14-20(24)22-18-8-6-7-17(15-18)21(25)28-3/h6-15H,4-5H2,1-3H3,(H,22,24)/b14-11+. The highest BCUT2D eigenvalue weighted by Crippen LogP contribution is 2.17. The molecule has 0 spiro atoms. The van der Waals surface area contributed by atoms with Crippen LogP contribution in [0.3, 0.4) is 0 Å². The van der Waals surface area contributed by atoms with Gasteiger partial charge in [0.05, 0.1) is 17.6 Å². The van der Waals surface area contributed by atoms with Crippen LogP contribution in [0.15, 0.2) is 59.5 Å². The third kappa shape index (κ3) is 5.75. The van der Waals surface area contributed by atoms with Crippen LogP contribution in [0.5, 0.6) is 0 Å². The highest BCUT2D eigenvalue weighted by Gasteiger charge is 2.20. The highest BCUT2D eigenvalue weighted by molar-refractivity contribution is 7.89. The largest absolute Gasteiger partial charge is 0.465 e. The minimum Gasteiger partial charge on any atom is -0.465 e. The molecule has 0 aromatic heterocycles. The summed E-state index contributed by atoms with van der Waals surface area (Å²) in [5, 5.41) is 2.66. The smallest absolute Gasteiger partial charge is 0.337 e. The SMILES string of the molecule is CCN(CC)S(=O)(=O)c1ccc(/C=C/C(=O)Nc2cccc(C(=O)OC)c2)cc1. The van der Waals surface area contributed by atoms with E-state index in [9.17, 15) is 18.0 Å². The molecule has 0 saturated heterocycles. The van der Waals surface area contributed by atoms with Crippen LogP contribution in [0.1, 0.15) is 29.8 Å². The van der Waals surface area contributed by atoms with Gasteiger partial charge >= 0.3 is 5.97 Å². The molecule has 2 aromatic rings. The summed E-state index contributed by atoms with van der Waals surface area (Å²) in [6.45, 7) is 4.38. The van der Waals surface area contributed by atoms with Crippen LogP contribution in [0, 0.1) is 0 Å². The Morgan fingerprint density at radius 2 is 1.72 bits per heavy atom. The Kier molecular flexibility index (Phi) is 7.69. The van der Waals surface area contributed by atoms with E-state index in [0.717, 1.165) is 0 Å². The van der Waals surface area contributed by atoms with Crippen LogP contribution < -0.4 is 5.32 Å². The Labute approximate surface area is 171 Å². The first-order chi connectivity index (χ1) is 13.8. The third-order valence-electron chi connectivity index (χ3n) is 4.20. The molecule has 0 radical (unpaired) electrons. The Bertz CT molecular complexity index is 994. The second-order valence-corrected chi connectivity index (χ2v) is 7.99. The Hall–Kier alpha value is -2.97. The van der Waals surface area contributed by atoms with Gasteiger partial charge in [-0.05, 0) is 42.0 Å². The summed E-state index contributed by atoms with van der Waals surface area (Å²) in [6, 6.07) is 12.7. The summed E-state index contributed by atoms with van der Waals surface area (Å²) < 4.78 is 31.0. The molecule has 0 aliphatic heterocycles. The second-order valence-electron chi connectivity index (χ2n) is 6.05. The van der Waals surface area contributed by atoms with Gasteiger partial charge in [0.1, 0.15) is 0 Å². The number of benzene rings is 2. The number of rotatable bonds is 8. The number of carbonyl (C=O) groups excluding carboxylic acids is 2. The van der Waals surface area contributed by atoms with Crippen molar-refractivity contribution in [2.45, 2.75) is 18.7 Å². The Morgan fingerprint density at radius 1 is 1.07 bits per heavy atom. The maximum atomic E-state index is 12.5. The normalized spacial score (nSPS) is 11.6. The van der Waals surface area contributed by atoms with Gasteiger partial charge in [0.25, 0.3) is 0 Å². The average molecular weight is 416 g/mol. The number of amides is 1. The number of hydrogen-bond acceptors (Lipinski definition) is 5. The van der Waals surface area contributed by atoms with Gasteiger partial charge in [0.15, 0.2) is 0 Å². The molecule has 2 rings (SSSR count). The number of ether oxygens (including phenoxy) is 1. The van der Waals surface area contributed by atoms with Gasteiger partial charge in [-0.25, -0.2) is 13.2 Å². The molecule has 0 aliphatic rings. The fraction of sp³-hybridized carbons (Fsp3) is 0.238. The summed E-state index contributed by atoms with van der Waals surface area (Å²) in [4.78, 5) is 23.9. The Morgan fingerprint density at radius 3 is 2.31 bits per heavy atom. The quantitative estimate of drug-likeness (QED) is 0.527. The lowest BCUT2D eigenvalue weighted by atomic mass is 10.2. The molecule has 154 valence electrons. The van der Waals surface area contributed by atoms with Crippen molar-refractivity contribution in [2.75, 3.05) is 25.5 Å². The number of sulfonamides is 1. The molecule has 0 fully saturated rings. The lowest BCUT2D eigenvalue weighted by molar-refractivity contribution is -0.111. The molecule has 0 saturated carbocycles. The molecule has 0 aliphatic carbocycles. The van der Waals surface area contributed by atoms with Crippen molar-refractivity contribution >= 4 is 33.7 Å². The van der Waals surface area contributed by atoms with Crippen molar-refractivity contribution in [2.24, 2.45) is 0 Å². The van der Waals surface area contributed by atoms with Gasteiger partial charge in [0.2, 0.25) is 15.9 Å². The molecular weight excluding hydrogens is 392 g/mol. The summed E-state index contributed by atoms with van der Waals surface area (Å²) in [7, 11) is -2.22. The van der Waals surface area contributed by atoms with Gasteiger partial charge in [-0.3, -0.25) is 4.79 Å². The predicted molar refractivity (Wildman–Crippen MR) is 112 cm³/mol. The van der Waals surface area contributed by atoms with E-state index in [1.54, 1.807) is 50.3 Å². The molecule has 0 bridgehead atoms. The van der Waals surface area contributed by atoms with E-state index in [2.05, 4.69) is 10.1 Å². The molecule has 0 heterocycles. The lowest BCUT2D eigenvalue weighted by Gasteiger charge is -2.18. The van der Waals surface area contributed by atoms with Gasteiger partial charge in [-0.1, -0.05) is 32.0 Å². The second kappa shape index (κ2) is 9.99. The van der Waals surface area contributed by atoms with Crippen LogP contribution in [-0.2, 0) is 19.6 Å². The van der Waals surface area contributed by atoms with Crippen LogP contribution in [0.2, 0.25) is 0 Å². The van der Waals surface area contributed by atoms with Crippen LogP contribution in [-0.4, -0.2) is 44.8 Å². The fourth-order valence-corrected chi connectivity index (χ4v) is 4.12. The first-order valence-electron chi connectivity index (χ1n) is 9.09. The van der Waals surface area contributed by atoms with Gasteiger partial charge in [0, 0.05) is 24.9 Å². The fourth-order valence-electron chi connectivity index (χ4n) is 2.66. The number of nitrogens with one attached hydrogen (secondary N) is 1. The van der Waals surface area contributed by atoms with Crippen LogP contribution in [0.4, 0.5) is 5.69 Å². The third-order valence-corrected chi connectivity index (χ3v) is 6.27. The number of nitrogens with zero attached hydrogens (tertiary/aromatic N) is 1. The monoisotopic (exact) mass is 416 g/mol. The first-order valence-corrected chi connectivity index (χ1v) is 10.5. The predicted octanol–water partition coefficient (Wildman–Crippen LogP) is 3.16. The molecule has 2 aromatic carbocycles. The molecule has 8 heteroatoms. The van der Waals surface area contributed by atoms with Gasteiger partial charge in [-0.2, -0.15) is 4.31 Å². The maximum absolute atomic E-state index is 12.5. The minimum absolute atomic E-state index is 0.211. The first kappa shape index (κ1) is 22.3. The van der Waals surface area contributed by atoms with Crippen LogP contribution >= 0.6 is 0 Å². The molecule has 0 atom stereocenters. The minimum atomic E-state index is -3.51. The Balaban J connectivity index is 2.07. The summed E-state index contributed by atoms with van der Waals surface area (Å²) in [5.74, 6) is -0.872. The number of methoxy groups -OCH3 is 1. The molecule has 29 heavy (non-hydrogen) atoms. The highest BCUT2D eigenvalue weighted by atomic mass is 32.2. The number of hydrogen-bond donors (Lipinski definition) is 1. The molecule has 1 amide bonds. The van der Waals surface area contributed by atoms with E-state index in [1.807, 2.05) is 0 Å². The van der Waals surface area contributed by atoms with Crippen LogP contribution in [0.25, 0.3) is 6.08 Å². The number of anilines is 1. The van der Waals surface area contributed by atoms with Crippen molar-refractivity contribution < 1.29 is 22.7 Å². The summed E-state index contributed by atoms with van der Waals surface area (Å²) in [6.07, 6.45) is 2.91. The molecular formula is C21H24N2O5S. The van der Waals surface area contributed by atoms with Crippen molar-refractivity contribution in [3.8, 4) is 0 Å². The van der Waals surface area contributed by atoms with E-state index in [0.29, 0.717) is 29.9 Å². The van der Waals surface area contributed by atoms with E-state index >= 15 is 0 Å². The average Bonchev–Trinajstić information content (AvgIpc) is 2.73. The lowest BCUT2D eigenvalue weighted by Crippen LogP contribution is -2.30. The number of esters is 1. The van der Waals surface area contributed by atoms with E-state index < -0.39 is 16.0 Å². The van der Waals surface area contributed by atoms with E-state index in [-0.39, 0.29) is 10.8 Å².